The Kier molecular flexibility index (Phi) is 4.47. The van der Waals surface area contributed by atoms with Crippen molar-refractivity contribution in [2.24, 2.45) is 4.99 Å². The van der Waals surface area contributed by atoms with Crippen molar-refractivity contribution in [3.05, 3.63) is 41.0 Å². The highest BCUT2D eigenvalue weighted by Gasteiger charge is 2.29. The van der Waals surface area contributed by atoms with Gasteiger partial charge < -0.3 is 21.5 Å². The van der Waals surface area contributed by atoms with Gasteiger partial charge in [-0.1, -0.05) is 12.1 Å². The second-order valence-corrected chi connectivity index (χ2v) is 5.56. The maximum absolute atomic E-state index is 11.1. The number of aliphatic imine (C=N–C) groups is 1. The molecule has 2 aromatic rings. The summed E-state index contributed by atoms with van der Waals surface area (Å²) >= 11 is 0. The zero-order chi connectivity index (χ0) is 19.6. The topological polar surface area (TPSA) is 175 Å². The fourth-order valence-electron chi connectivity index (χ4n) is 2.71. The van der Waals surface area contributed by atoms with Crippen LogP contribution in [0.25, 0.3) is 0 Å². The number of esters is 1. The largest absolute Gasteiger partial charge is 0.427 e. The van der Waals surface area contributed by atoms with Gasteiger partial charge in [0.1, 0.15) is 35.1 Å². The van der Waals surface area contributed by atoms with Crippen LogP contribution in [0.4, 0.5) is 17.3 Å². The van der Waals surface area contributed by atoms with Gasteiger partial charge in [-0.25, -0.2) is 9.98 Å². The molecule has 1 unspecified atom stereocenters. The third-order valence-corrected chi connectivity index (χ3v) is 3.81. The predicted octanol–water partition coefficient (Wildman–Crippen LogP) is 0.985. The Morgan fingerprint density at radius 1 is 1.30 bits per heavy atom. The number of pyridine rings is 1. The maximum atomic E-state index is 11.1. The molecule has 0 amide bonds. The second-order valence-electron chi connectivity index (χ2n) is 5.56. The number of hydrogen-bond donors (Lipinski definition) is 4. The molecule has 3 rings (SSSR count). The summed E-state index contributed by atoms with van der Waals surface area (Å²) in [5, 5.41) is 23.4. The predicted molar refractivity (Wildman–Crippen MR) is 97.2 cm³/mol. The van der Waals surface area contributed by atoms with Crippen molar-refractivity contribution in [1.82, 2.24) is 10.3 Å². The molecule has 0 spiro atoms. The molecule has 0 saturated carbocycles. The molecular weight excluding hydrogens is 348 g/mol. The van der Waals surface area contributed by atoms with Crippen LogP contribution in [0.15, 0.2) is 29.3 Å². The molecular formula is C17H14N8O2. The van der Waals surface area contributed by atoms with E-state index in [1.165, 1.54) is 6.92 Å². The first kappa shape index (κ1) is 17.5. The minimum absolute atomic E-state index is 0.0246. The SMILES string of the molecule is CC(=O)Oc1ccc(C2N=C(NC#N)Nc3nc(N)c(C#N)c(N)c32)cc1. The lowest BCUT2D eigenvalue weighted by molar-refractivity contribution is -0.131. The lowest BCUT2D eigenvalue weighted by Crippen LogP contribution is -2.32. The van der Waals surface area contributed by atoms with E-state index in [4.69, 9.17) is 21.5 Å². The molecule has 6 N–H and O–H groups in total. The first-order valence-corrected chi connectivity index (χ1v) is 7.71. The van der Waals surface area contributed by atoms with E-state index in [1.807, 2.05) is 6.07 Å². The van der Waals surface area contributed by atoms with Crippen molar-refractivity contribution in [1.29, 1.82) is 10.5 Å². The van der Waals surface area contributed by atoms with E-state index >= 15 is 0 Å². The molecule has 27 heavy (non-hydrogen) atoms. The number of rotatable bonds is 2. The van der Waals surface area contributed by atoms with Crippen LogP contribution in [0.1, 0.15) is 29.7 Å². The number of nitrogens with two attached hydrogens (primary N) is 2. The summed E-state index contributed by atoms with van der Waals surface area (Å²) in [4.78, 5) is 19.7. The molecule has 134 valence electrons. The van der Waals surface area contributed by atoms with Crippen molar-refractivity contribution in [2.45, 2.75) is 13.0 Å². The third kappa shape index (κ3) is 3.27. The third-order valence-electron chi connectivity index (χ3n) is 3.81. The van der Waals surface area contributed by atoms with Crippen molar-refractivity contribution < 1.29 is 9.53 Å². The zero-order valence-electron chi connectivity index (χ0n) is 14.1. The molecule has 0 fully saturated rings. The van der Waals surface area contributed by atoms with Gasteiger partial charge in [0.15, 0.2) is 6.19 Å². The number of nitriles is 2. The summed E-state index contributed by atoms with van der Waals surface area (Å²) in [6.07, 6.45) is 1.78. The molecule has 1 aliphatic heterocycles. The first-order chi connectivity index (χ1) is 12.9. The summed E-state index contributed by atoms with van der Waals surface area (Å²) in [7, 11) is 0. The summed E-state index contributed by atoms with van der Waals surface area (Å²) in [5.41, 5.74) is 13.3. The lowest BCUT2D eigenvalue weighted by Gasteiger charge is -2.26. The molecule has 10 nitrogen and oxygen atoms in total. The number of nitrogens with one attached hydrogen (secondary N) is 2. The Morgan fingerprint density at radius 2 is 2.00 bits per heavy atom. The number of nitrogen functional groups attached to an aromatic ring is 2. The van der Waals surface area contributed by atoms with E-state index in [-0.39, 0.29) is 23.0 Å². The molecule has 0 bridgehead atoms. The van der Waals surface area contributed by atoms with Crippen LogP contribution >= 0.6 is 0 Å². The number of guanidine groups is 1. The van der Waals surface area contributed by atoms with Gasteiger partial charge in [-0.15, -0.1) is 0 Å². The van der Waals surface area contributed by atoms with Crippen LogP contribution in [0.3, 0.4) is 0 Å². The summed E-state index contributed by atoms with van der Waals surface area (Å²) in [5.74, 6) is 0.376. The van der Waals surface area contributed by atoms with Gasteiger partial charge in [0, 0.05) is 12.5 Å². The quantitative estimate of drug-likeness (QED) is 0.262. The molecule has 1 aliphatic rings. The molecule has 0 radical (unpaired) electrons. The molecule has 1 atom stereocenters. The molecule has 0 aliphatic carbocycles. The number of carbonyl (C=O) groups is 1. The standard InChI is InChI=1S/C17H14N8O2/c1-8(26)27-10-4-2-9(3-5-10)14-12-13(20)11(6-18)15(21)24-16(12)25-17(23-14)22-7-19/h2-5,14H,1H3,(H6,20,21,22,23,24,25). The molecule has 0 saturated heterocycles. The highest BCUT2D eigenvalue weighted by Crippen LogP contribution is 2.40. The number of fused-ring (bicyclic) bond motifs is 1. The van der Waals surface area contributed by atoms with Crippen LogP contribution in [0.2, 0.25) is 0 Å². The average molecular weight is 362 g/mol. The Balaban J connectivity index is 2.13. The van der Waals surface area contributed by atoms with E-state index in [2.05, 4.69) is 20.6 Å². The number of benzene rings is 1. The lowest BCUT2D eigenvalue weighted by atomic mass is 9.95. The van der Waals surface area contributed by atoms with Crippen LogP contribution < -0.4 is 26.8 Å². The van der Waals surface area contributed by atoms with Gasteiger partial charge in [0.2, 0.25) is 5.96 Å². The Morgan fingerprint density at radius 3 is 2.59 bits per heavy atom. The van der Waals surface area contributed by atoms with Crippen LogP contribution in [-0.2, 0) is 4.79 Å². The fraction of sp³-hybridized carbons (Fsp3) is 0.118. The summed E-state index contributed by atoms with van der Waals surface area (Å²) in [6.45, 7) is 1.31. The molecule has 2 heterocycles. The van der Waals surface area contributed by atoms with E-state index in [1.54, 1.807) is 30.5 Å². The second kappa shape index (κ2) is 6.90. The van der Waals surface area contributed by atoms with Gasteiger partial charge >= 0.3 is 5.97 Å². The van der Waals surface area contributed by atoms with E-state index < -0.39 is 12.0 Å². The Hall–Kier alpha value is -4.31. The van der Waals surface area contributed by atoms with E-state index in [0.29, 0.717) is 22.7 Å². The highest BCUT2D eigenvalue weighted by atomic mass is 16.5. The normalized spacial score (nSPS) is 14.6. The molecule has 1 aromatic carbocycles. The minimum Gasteiger partial charge on any atom is -0.427 e. The highest BCUT2D eigenvalue weighted by molar-refractivity contribution is 5.98. The first-order valence-electron chi connectivity index (χ1n) is 7.71. The number of aromatic nitrogens is 1. The molecule has 10 heteroatoms. The van der Waals surface area contributed by atoms with Gasteiger partial charge in [-0.05, 0) is 17.7 Å². The van der Waals surface area contributed by atoms with Crippen molar-refractivity contribution in [3.8, 4) is 18.0 Å². The smallest absolute Gasteiger partial charge is 0.308 e. The monoisotopic (exact) mass is 362 g/mol. The zero-order valence-corrected chi connectivity index (χ0v) is 14.1. The van der Waals surface area contributed by atoms with Crippen molar-refractivity contribution >= 4 is 29.3 Å². The average Bonchev–Trinajstić information content (AvgIpc) is 2.61. The van der Waals surface area contributed by atoms with Gasteiger partial charge in [-0.2, -0.15) is 10.5 Å². The Bertz CT molecular complexity index is 1030. The summed E-state index contributed by atoms with van der Waals surface area (Å²) in [6, 6.07) is 7.91. The number of carbonyl (C=O) groups excluding carboxylic acids is 1. The van der Waals surface area contributed by atoms with Gasteiger partial charge in [0.05, 0.1) is 5.69 Å². The van der Waals surface area contributed by atoms with E-state index in [9.17, 15) is 10.1 Å². The van der Waals surface area contributed by atoms with Gasteiger partial charge in [-0.3, -0.25) is 10.1 Å². The fourth-order valence-corrected chi connectivity index (χ4v) is 2.71. The van der Waals surface area contributed by atoms with Crippen LogP contribution in [-0.4, -0.2) is 16.9 Å². The number of nitrogens with zero attached hydrogens (tertiary/aromatic N) is 4. The van der Waals surface area contributed by atoms with Crippen LogP contribution in [0.5, 0.6) is 5.75 Å². The number of ether oxygens (including phenoxy) is 1. The van der Waals surface area contributed by atoms with Crippen molar-refractivity contribution in [3.63, 3.8) is 0 Å². The van der Waals surface area contributed by atoms with Crippen molar-refractivity contribution in [2.75, 3.05) is 16.8 Å². The van der Waals surface area contributed by atoms with Gasteiger partial charge in [0.25, 0.3) is 0 Å². The van der Waals surface area contributed by atoms with Crippen LogP contribution in [0, 0.1) is 22.8 Å². The summed E-state index contributed by atoms with van der Waals surface area (Å²) < 4.78 is 5.02. The Labute approximate surface area is 154 Å². The molecule has 1 aromatic heterocycles. The van der Waals surface area contributed by atoms with E-state index in [0.717, 1.165) is 0 Å². The minimum atomic E-state index is -0.649. The number of anilines is 3. The maximum Gasteiger partial charge on any atom is 0.308 e. The number of hydrogen-bond acceptors (Lipinski definition) is 10.